The topological polar surface area (TPSA) is 67.6 Å². The van der Waals surface area contributed by atoms with Crippen molar-refractivity contribution in [3.8, 4) is 17.2 Å². The first-order valence-electron chi connectivity index (χ1n) is 14.5. The second-order valence-corrected chi connectivity index (χ2v) is 11.8. The third kappa shape index (κ3) is 5.31. The van der Waals surface area contributed by atoms with Crippen LogP contribution in [0.1, 0.15) is 5.56 Å². The summed E-state index contributed by atoms with van der Waals surface area (Å²) >= 11 is 1.65. The first kappa shape index (κ1) is 28.0. The quantitative estimate of drug-likeness (QED) is 0.151. The van der Waals surface area contributed by atoms with Gasteiger partial charge in [0.05, 0.1) is 17.1 Å². The first-order valence-corrected chi connectivity index (χ1v) is 15.3. The van der Waals surface area contributed by atoms with Gasteiger partial charge in [0, 0.05) is 33.6 Å². The van der Waals surface area contributed by atoms with Gasteiger partial charge in [-0.3, -0.25) is 0 Å². The fraction of sp³-hybridized carbons (Fsp3) is 0.0256. The van der Waals surface area contributed by atoms with Gasteiger partial charge in [-0.1, -0.05) is 90.6 Å². The van der Waals surface area contributed by atoms with Gasteiger partial charge in [-0.15, -0.1) is 0 Å². The van der Waals surface area contributed by atoms with Gasteiger partial charge < -0.3 is 14.9 Å². The Kier molecular flexibility index (Phi) is 7.30. The van der Waals surface area contributed by atoms with Crippen LogP contribution in [0.2, 0.25) is 0 Å². The van der Waals surface area contributed by atoms with Gasteiger partial charge in [-0.25, -0.2) is 4.79 Å². The molecular formula is C39H27N3O2S. The molecule has 5 nitrogen and oxygen atoms in total. The van der Waals surface area contributed by atoms with Gasteiger partial charge >= 0.3 is 5.97 Å². The standard InChI is InChI=1S/C39H27N3O2S/c1-41-35-20-14-26(22-30(25-40)39(43)44)23-37(35)45-38-24-29(17-21-36(38)41)27-15-18-32(19-16-27)42(31-10-3-2-4-11-31)34-13-7-9-28-8-5-6-12-33(28)34/h2-24H,1H3,(H,43,44)/b30-22-. The molecule has 6 heteroatoms. The highest BCUT2D eigenvalue weighted by molar-refractivity contribution is 7.99. The van der Waals surface area contributed by atoms with Gasteiger partial charge in [0.2, 0.25) is 0 Å². The number of nitriles is 1. The molecule has 0 spiro atoms. The fourth-order valence-corrected chi connectivity index (χ4v) is 7.04. The number of nitrogens with zero attached hydrogens (tertiary/aromatic N) is 3. The van der Waals surface area contributed by atoms with E-state index in [1.54, 1.807) is 17.8 Å². The van der Waals surface area contributed by atoms with Crippen LogP contribution in [0.15, 0.2) is 149 Å². The molecule has 0 aromatic heterocycles. The molecule has 0 amide bonds. The molecule has 0 fully saturated rings. The molecule has 45 heavy (non-hydrogen) atoms. The summed E-state index contributed by atoms with van der Waals surface area (Å²) in [5.74, 6) is -1.23. The fourth-order valence-electron chi connectivity index (χ4n) is 5.80. The zero-order valence-corrected chi connectivity index (χ0v) is 25.2. The maximum Gasteiger partial charge on any atom is 0.346 e. The molecule has 0 bridgehead atoms. The molecule has 0 radical (unpaired) electrons. The predicted octanol–water partition coefficient (Wildman–Crippen LogP) is 10.2. The summed E-state index contributed by atoms with van der Waals surface area (Å²) in [6, 6.07) is 48.0. The molecule has 0 saturated heterocycles. The van der Waals surface area contributed by atoms with Gasteiger partial charge in [0.25, 0.3) is 0 Å². The maximum atomic E-state index is 11.4. The number of benzene rings is 6. The lowest BCUT2D eigenvalue weighted by molar-refractivity contribution is -0.132. The average Bonchev–Trinajstić information content (AvgIpc) is 3.08. The summed E-state index contributed by atoms with van der Waals surface area (Å²) in [5.41, 5.74) is 8.02. The highest BCUT2D eigenvalue weighted by Gasteiger charge is 2.22. The lowest BCUT2D eigenvalue weighted by Crippen LogP contribution is -2.14. The van der Waals surface area contributed by atoms with Crippen molar-refractivity contribution in [2.24, 2.45) is 0 Å². The number of carboxylic acid groups (broad SMARTS) is 1. The van der Waals surface area contributed by atoms with Gasteiger partial charge in [-0.2, -0.15) is 5.26 Å². The zero-order valence-electron chi connectivity index (χ0n) is 24.4. The third-order valence-electron chi connectivity index (χ3n) is 8.03. The number of para-hydroxylation sites is 1. The average molecular weight is 602 g/mol. The minimum Gasteiger partial charge on any atom is -0.477 e. The van der Waals surface area contributed by atoms with Crippen LogP contribution < -0.4 is 9.80 Å². The van der Waals surface area contributed by atoms with Crippen molar-refractivity contribution in [3.05, 3.63) is 145 Å². The van der Waals surface area contributed by atoms with E-state index in [0.29, 0.717) is 5.56 Å². The van der Waals surface area contributed by atoms with Crippen LogP contribution in [0.25, 0.3) is 28.0 Å². The molecule has 1 N–H and O–H groups in total. The molecule has 6 aromatic carbocycles. The van der Waals surface area contributed by atoms with E-state index in [1.165, 1.54) is 16.8 Å². The van der Waals surface area contributed by atoms with Crippen molar-refractivity contribution >= 4 is 63.0 Å². The highest BCUT2D eigenvalue weighted by Crippen LogP contribution is 2.49. The van der Waals surface area contributed by atoms with Gasteiger partial charge in [0.15, 0.2) is 0 Å². The molecule has 216 valence electrons. The molecule has 6 aromatic rings. The van der Waals surface area contributed by atoms with E-state index in [1.807, 2.05) is 31.3 Å². The molecule has 1 aliphatic heterocycles. The highest BCUT2D eigenvalue weighted by atomic mass is 32.2. The molecule has 0 atom stereocenters. The predicted molar refractivity (Wildman–Crippen MR) is 184 cm³/mol. The zero-order chi connectivity index (χ0) is 30.9. The normalized spacial score (nSPS) is 12.3. The number of hydrogen-bond donors (Lipinski definition) is 1. The second-order valence-electron chi connectivity index (χ2n) is 10.8. The van der Waals surface area contributed by atoms with Crippen LogP contribution in [0.3, 0.4) is 0 Å². The molecule has 1 heterocycles. The number of carbonyl (C=O) groups is 1. The van der Waals surface area contributed by atoms with Crippen LogP contribution in [-0.4, -0.2) is 18.1 Å². The van der Waals surface area contributed by atoms with Crippen LogP contribution in [-0.2, 0) is 4.79 Å². The Morgan fingerprint density at radius 3 is 2.16 bits per heavy atom. The molecular weight excluding hydrogens is 575 g/mol. The number of carboxylic acids is 1. The number of aliphatic carboxylic acids is 1. The van der Waals surface area contributed by atoms with Gasteiger partial charge in [0.1, 0.15) is 11.6 Å². The largest absolute Gasteiger partial charge is 0.477 e. The van der Waals surface area contributed by atoms with Crippen molar-refractivity contribution < 1.29 is 9.90 Å². The van der Waals surface area contributed by atoms with Crippen molar-refractivity contribution in [1.82, 2.24) is 0 Å². The second kappa shape index (κ2) is 11.7. The van der Waals surface area contributed by atoms with Crippen LogP contribution in [0.5, 0.6) is 0 Å². The van der Waals surface area contributed by atoms with E-state index in [9.17, 15) is 15.2 Å². The third-order valence-corrected chi connectivity index (χ3v) is 9.12. The first-order chi connectivity index (χ1) is 22.0. The lowest BCUT2D eigenvalue weighted by atomic mass is 10.0. The minimum absolute atomic E-state index is 0.290. The Morgan fingerprint density at radius 2 is 1.40 bits per heavy atom. The number of rotatable bonds is 6. The maximum absolute atomic E-state index is 11.4. The van der Waals surface area contributed by atoms with Crippen molar-refractivity contribution in [1.29, 1.82) is 5.26 Å². The summed E-state index contributed by atoms with van der Waals surface area (Å²) in [4.78, 5) is 17.9. The molecule has 1 aliphatic rings. The van der Waals surface area contributed by atoms with E-state index in [0.717, 1.165) is 49.4 Å². The summed E-state index contributed by atoms with van der Waals surface area (Å²) in [7, 11) is 2.03. The summed E-state index contributed by atoms with van der Waals surface area (Å²) < 4.78 is 0. The molecule has 0 unspecified atom stereocenters. The van der Waals surface area contributed by atoms with Crippen LogP contribution in [0, 0.1) is 11.3 Å². The van der Waals surface area contributed by atoms with E-state index in [-0.39, 0.29) is 5.57 Å². The molecule has 0 saturated carbocycles. The van der Waals surface area contributed by atoms with Crippen LogP contribution >= 0.6 is 11.8 Å². The van der Waals surface area contributed by atoms with E-state index in [4.69, 9.17) is 0 Å². The Bertz CT molecular complexity index is 2150. The van der Waals surface area contributed by atoms with E-state index < -0.39 is 5.97 Å². The number of anilines is 5. The van der Waals surface area contributed by atoms with E-state index in [2.05, 4.69) is 119 Å². The molecule has 0 aliphatic carbocycles. The lowest BCUT2D eigenvalue weighted by Gasteiger charge is -2.30. The summed E-state index contributed by atoms with van der Waals surface area (Å²) in [6.45, 7) is 0. The summed E-state index contributed by atoms with van der Waals surface area (Å²) in [5, 5.41) is 20.9. The van der Waals surface area contributed by atoms with Crippen molar-refractivity contribution in [3.63, 3.8) is 0 Å². The Balaban J connectivity index is 1.23. The number of hydrogen-bond acceptors (Lipinski definition) is 5. The minimum atomic E-state index is -1.23. The number of fused-ring (bicyclic) bond motifs is 3. The SMILES string of the molecule is CN1c2ccc(/C=C(/C#N)C(=O)O)cc2Sc2cc(-c3ccc(N(c4ccccc4)c4cccc5ccccc45)cc3)ccc21. The van der Waals surface area contributed by atoms with E-state index >= 15 is 0 Å². The Labute approximate surface area is 265 Å². The van der Waals surface area contributed by atoms with Gasteiger partial charge in [-0.05, 0) is 82.7 Å². The monoisotopic (exact) mass is 601 g/mol. The Morgan fingerprint density at radius 1 is 0.756 bits per heavy atom. The van der Waals surface area contributed by atoms with Crippen LogP contribution in [0.4, 0.5) is 28.4 Å². The van der Waals surface area contributed by atoms with Crippen molar-refractivity contribution in [2.45, 2.75) is 9.79 Å². The summed E-state index contributed by atoms with van der Waals surface area (Å²) in [6.07, 6.45) is 1.41. The Hall–Kier alpha value is -5.77. The molecule has 7 rings (SSSR count). The van der Waals surface area contributed by atoms with Crippen molar-refractivity contribution in [2.75, 3.05) is 16.8 Å². The smallest absolute Gasteiger partial charge is 0.346 e.